The minimum Gasteiger partial charge on any atom is -0.270 e. The van der Waals surface area contributed by atoms with E-state index >= 15 is 0 Å². The number of hydrazine groups is 1. The van der Waals surface area contributed by atoms with Crippen LogP contribution < -0.4 is 11.3 Å². The molecule has 0 aliphatic heterocycles. The van der Waals surface area contributed by atoms with Crippen LogP contribution >= 0.6 is 0 Å². The number of terminal acetylenes is 1. The average molecular weight is 196 g/mol. The molecule has 1 aromatic carbocycles. The summed E-state index contributed by atoms with van der Waals surface area (Å²) in [5.41, 5.74) is 2.69. The quantitative estimate of drug-likeness (QED) is 0.429. The zero-order valence-electron chi connectivity index (χ0n) is 7.43. The van der Waals surface area contributed by atoms with Crippen LogP contribution in [0.1, 0.15) is 5.56 Å². The number of nitrogens with one attached hydrogen (secondary N) is 1. The fraction of sp³-hybridized carbons (Fsp3) is 0.200. The standard InChI is InChI=1S/C10H10F2N2/c1-2-9(14-13)5-7-3-4-8(11)6-10(7)12/h1,3-4,6,9,14H,5,13H2. The third-order valence-electron chi connectivity index (χ3n) is 1.84. The van der Waals surface area contributed by atoms with Gasteiger partial charge in [0.2, 0.25) is 0 Å². The summed E-state index contributed by atoms with van der Waals surface area (Å²) in [5, 5.41) is 0. The first-order chi connectivity index (χ1) is 6.67. The molecule has 3 N–H and O–H groups in total. The Hall–Kier alpha value is -1.44. The Morgan fingerprint density at radius 3 is 2.71 bits per heavy atom. The van der Waals surface area contributed by atoms with Gasteiger partial charge in [-0.05, 0) is 11.6 Å². The summed E-state index contributed by atoms with van der Waals surface area (Å²) in [6.45, 7) is 0. The molecule has 0 spiro atoms. The fourth-order valence-corrected chi connectivity index (χ4v) is 1.07. The summed E-state index contributed by atoms with van der Waals surface area (Å²) in [7, 11) is 0. The molecule has 0 aromatic heterocycles. The molecule has 0 heterocycles. The Morgan fingerprint density at radius 1 is 1.50 bits per heavy atom. The lowest BCUT2D eigenvalue weighted by Gasteiger charge is -2.09. The maximum atomic E-state index is 13.1. The molecule has 14 heavy (non-hydrogen) atoms. The monoisotopic (exact) mass is 196 g/mol. The Balaban J connectivity index is 2.82. The molecule has 1 rings (SSSR count). The maximum Gasteiger partial charge on any atom is 0.129 e. The molecule has 0 fully saturated rings. The van der Waals surface area contributed by atoms with Crippen LogP contribution in [0.5, 0.6) is 0 Å². The van der Waals surface area contributed by atoms with Crippen molar-refractivity contribution in [2.24, 2.45) is 5.84 Å². The lowest BCUT2D eigenvalue weighted by atomic mass is 10.1. The van der Waals surface area contributed by atoms with E-state index in [0.717, 1.165) is 6.07 Å². The highest BCUT2D eigenvalue weighted by Gasteiger charge is 2.08. The van der Waals surface area contributed by atoms with Crippen LogP contribution in [0, 0.1) is 24.0 Å². The minimum atomic E-state index is -0.611. The maximum absolute atomic E-state index is 13.1. The summed E-state index contributed by atoms with van der Waals surface area (Å²) in [6, 6.07) is 2.91. The number of benzene rings is 1. The van der Waals surface area contributed by atoms with Gasteiger partial charge in [-0.2, -0.15) is 0 Å². The molecule has 1 atom stereocenters. The molecule has 74 valence electrons. The molecule has 1 unspecified atom stereocenters. The molecule has 0 amide bonds. The van der Waals surface area contributed by atoms with E-state index in [2.05, 4.69) is 11.3 Å². The molecule has 0 aliphatic rings. The van der Waals surface area contributed by atoms with Crippen molar-refractivity contribution >= 4 is 0 Å². The van der Waals surface area contributed by atoms with Gasteiger partial charge in [0, 0.05) is 12.5 Å². The Kier molecular flexibility index (Phi) is 3.57. The van der Waals surface area contributed by atoms with E-state index in [1.165, 1.54) is 12.1 Å². The van der Waals surface area contributed by atoms with Crippen LogP contribution in [-0.4, -0.2) is 6.04 Å². The number of hydrogen-bond donors (Lipinski definition) is 2. The van der Waals surface area contributed by atoms with Gasteiger partial charge in [-0.1, -0.05) is 12.0 Å². The van der Waals surface area contributed by atoms with Gasteiger partial charge in [0.25, 0.3) is 0 Å². The average Bonchev–Trinajstić information content (AvgIpc) is 2.17. The Bertz CT molecular complexity index is 358. The van der Waals surface area contributed by atoms with E-state index in [1.807, 2.05) is 0 Å². The van der Waals surface area contributed by atoms with Gasteiger partial charge in [-0.25, -0.2) is 14.2 Å². The second-order valence-electron chi connectivity index (χ2n) is 2.83. The lowest BCUT2D eigenvalue weighted by Crippen LogP contribution is -2.35. The molecule has 2 nitrogen and oxygen atoms in total. The highest BCUT2D eigenvalue weighted by molar-refractivity contribution is 5.21. The molecule has 0 radical (unpaired) electrons. The predicted octanol–water partition coefficient (Wildman–Crippen LogP) is 0.972. The van der Waals surface area contributed by atoms with E-state index in [1.54, 1.807) is 0 Å². The van der Waals surface area contributed by atoms with Crippen molar-refractivity contribution in [3.05, 3.63) is 35.4 Å². The van der Waals surface area contributed by atoms with Gasteiger partial charge in [-0.15, -0.1) is 6.42 Å². The first kappa shape index (κ1) is 10.6. The van der Waals surface area contributed by atoms with Gasteiger partial charge in [-0.3, -0.25) is 5.84 Å². The SMILES string of the molecule is C#CC(Cc1ccc(F)cc1F)NN. The minimum absolute atomic E-state index is 0.235. The van der Waals surface area contributed by atoms with Gasteiger partial charge in [0.15, 0.2) is 0 Å². The molecular weight excluding hydrogens is 186 g/mol. The second-order valence-corrected chi connectivity index (χ2v) is 2.83. The van der Waals surface area contributed by atoms with Gasteiger partial charge < -0.3 is 0 Å². The van der Waals surface area contributed by atoms with Crippen LogP contribution in [0.2, 0.25) is 0 Å². The van der Waals surface area contributed by atoms with Gasteiger partial charge in [0.1, 0.15) is 11.6 Å². The predicted molar refractivity (Wildman–Crippen MR) is 50.0 cm³/mol. The van der Waals surface area contributed by atoms with E-state index in [4.69, 9.17) is 12.3 Å². The van der Waals surface area contributed by atoms with Crippen molar-refractivity contribution in [1.82, 2.24) is 5.43 Å². The summed E-state index contributed by atoms with van der Waals surface area (Å²) in [4.78, 5) is 0. The van der Waals surface area contributed by atoms with E-state index < -0.39 is 17.7 Å². The van der Waals surface area contributed by atoms with Crippen molar-refractivity contribution in [2.45, 2.75) is 12.5 Å². The van der Waals surface area contributed by atoms with Gasteiger partial charge in [0.05, 0.1) is 6.04 Å². The van der Waals surface area contributed by atoms with Crippen LogP contribution in [0.25, 0.3) is 0 Å². The van der Waals surface area contributed by atoms with E-state index in [9.17, 15) is 8.78 Å². The smallest absolute Gasteiger partial charge is 0.129 e. The third-order valence-corrected chi connectivity index (χ3v) is 1.84. The van der Waals surface area contributed by atoms with E-state index in [0.29, 0.717) is 5.56 Å². The molecule has 0 saturated heterocycles. The molecule has 0 aliphatic carbocycles. The van der Waals surface area contributed by atoms with Crippen molar-refractivity contribution in [3.63, 3.8) is 0 Å². The number of nitrogens with two attached hydrogens (primary N) is 1. The Morgan fingerprint density at radius 2 is 2.21 bits per heavy atom. The number of hydrogen-bond acceptors (Lipinski definition) is 2. The highest BCUT2D eigenvalue weighted by atomic mass is 19.1. The third kappa shape index (κ3) is 2.52. The summed E-state index contributed by atoms with van der Waals surface area (Å²) in [5.74, 6) is 6.25. The van der Waals surface area contributed by atoms with Crippen molar-refractivity contribution in [2.75, 3.05) is 0 Å². The first-order valence-corrected chi connectivity index (χ1v) is 4.03. The van der Waals surface area contributed by atoms with E-state index in [-0.39, 0.29) is 6.42 Å². The van der Waals surface area contributed by atoms with Crippen molar-refractivity contribution < 1.29 is 8.78 Å². The number of halogens is 2. The highest BCUT2D eigenvalue weighted by Crippen LogP contribution is 2.11. The first-order valence-electron chi connectivity index (χ1n) is 4.03. The topological polar surface area (TPSA) is 38.0 Å². The van der Waals surface area contributed by atoms with Crippen molar-refractivity contribution in [3.8, 4) is 12.3 Å². The Labute approximate surface area is 81.1 Å². The molecule has 1 aromatic rings. The van der Waals surface area contributed by atoms with Crippen LogP contribution in [-0.2, 0) is 6.42 Å². The van der Waals surface area contributed by atoms with Crippen molar-refractivity contribution in [1.29, 1.82) is 0 Å². The lowest BCUT2D eigenvalue weighted by molar-refractivity contribution is 0.556. The molecular formula is C10H10F2N2. The summed E-state index contributed by atoms with van der Waals surface area (Å²) >= 11 is 0. The van der Waals surface area contributed by atoms with Crippen LogP contribution in [0.15, 0.2) is 18.2 Å². The number of rotatable bonds is 3. The molecule has 4 heteroatoms. The normalized spacial score (nSPS) is 12.1. The zero-order valence-corrected chi connectivity index (χ0v) is 7.43. The molecule has 0 bridgehead atoms. The summed E-state index contributed by atoms with van der Waals surface area (Å²) in [6.07, 6.45) is 5.36. The zero-order chi connectivity index (χ0) is 10.6. The second kappa shape index (κ2) is 4.70. The van der Waals surface area contributed by atoms with Crippen LogP contribution in [0.3, 0.4) is 0 Å². The molecule has 0 saturated carbocycles. The largest absolute Gasteiger partial charge is 0.270 e. The van der Waals surface area contributed by atoms with Crippen LogP contribution in [0.4, 0.5) is 8.78 Å². The summed E-state index contributed by atoms with van der Waals surface area (Å²) < 4.78 is 25.6. The van der Waals surface area contributed by atoms with Gasteiger partial charge >= 0.3 is 0 Å². The fourth-order valence-electron chi connectivity index (χ4n) is 1.07.